The molecule has 0 aromatic carbocycles. The smallest absolute Gasteiger partial charge is 0.227 e. The fourth-order valence-corrected chi connectivity index (χ4v) is 3.69. The van der Waals surface area contributed by atoms with Crippen molar-refractivity contribution >= 4 is 11.8 Å². The molecular weight excluding hydrogens is 190 g/mol. The van der Waals surface area contributed by atoms with E-state index in [9.17, 15) is 9.59 Å². The molecule has 84 valence electrons. The zero-order valence-electron chi connectivity index (χ0n) is 9.51. The molecule has 0 bridgehead atoms. The standard InChI is InChI=1S/C12H19NO2/c1-8-3-9(2)5-12(4-8)6-10(14)13-11(15)7-12/h8-9H,3-7H2,1-2H3,(H,13,14,15). The van der Waals surface area contributed by atoms with Gasteiger partial charge in [-0.05, 0) is 36.5 Å². The number of carbonyl (C=O) groups is 2. The van der Waals surface area contributed by atoms with Crippen molar-refractivity contribution < 1.29 is 9.59 Å². The molecule has 2 atom stereocenters. The Kier molecular flexibility index (Phi) is 2.57. The van der Waals surface area contributed by atoms with E-state index in [-0.39, 0.29) is 17.2 Å². The van der Waals surface area contributed by atoms with Crippen LogP contribution in [0.1, 0.15) is 46.0 Å². The molecule has 0 radical (unpaired) electrons. The molecule has 1 saturated heterocycles. The summed E-state index contributed by atoms with van der Waals surface area (Å²) in [5.41, 5.74) is -0.0174. The number of hydrogen-bond acceptors (Lipinski definition) is 2. The van der Waals surface area contributed by atoms with Crippen LogP contribution in [0.3, 0.4) is 0 Å². The first-order valence-corrected chi connectivity index (χ1v) is 5.82. The molecule has 3 nitrogen and oxygen atoms in total. The third-order valence-electron chi connectivity index (χ3n) is 3.72. The summed E-state index contributed by atoms with van der Waals surface area (Å²) < 4.78 is 0. The van der Waals surface area contributed by atoms with E-state index >= 15 is 0 Å². The second kappa shape index (κ2) is 3.62. The van der Waals surface area contributed by atoms with Gasteiger partial charge >= 0.3 is 0 Å². The predicted molar refractivity (Wildman–Crippen MR) is 57.0 cm³/mol. The zero-order valence-corrected chi connectivity index (χ0v) is 9.51. The molecule has 3 heteroatoms. The highest BCUT2D eigenvalue weighted by atomic mass is 16.2. The highest BCUT2D eigenvalue weighted by molar-refractivity contribution is 5.98. The van der Waals surface area contributed by atoms with Crippen molar-refractivity contribution in [3.63, 3.8) is 0 Å². The number of piperidine rings is 1. The van der Waals surface area contributed by atoms with E-state index in [0.717, 1.165) is 12.8 Å². The number of amides is 2. The van der Waals surface area contributed by atoms with Crippen molar-refractivity contribution in [2.75, 3.05) is 0 Å². The number of rotatable bonds is 0. The van der Waals surface area contributed by atoms with Crippen molar-refractivity contribution in [3.05, 3.63) is 0 Å². The van der Waals surface area contributed by atoms with Crippen molar-refractivity contribution in [1.29, 1.82) is 0 Å². The largest absolute Gasteiger partial charge is 0.296 e. The molecule has 15 heavy (non-hydrogen) atoms. The van der Waals surface area contributed by atoms with E-state index < -0.39 is 0 Å². The maximum atomic E-state index is 11.4. The number of carbonyl (C=O) groups excluding carboxylic acids is 2. The van der Waals surface area contributed by atoms with Crippen LogP contribution >= 0.6 is 0 Å². The van der Waals surface area contributed by atoms with Gasteiger partial charge in [-0.1, -0.05) is 13.8 Å². The molecule has 0 aromatic heterocycles. The molecule has 1 spiro atoms. The zero-order chi connectivity index (χ0) is 11.1. The average Bonchev–Trinajstić information content (AvgIpc) is 1.96. The molecule has 2 fully saturated rings. The SMILES string of the molecule is CC1CC(C)CC2(CC(=O)NC(=O)C2)C1. The molecule has 1 saturated carbocycles. The van der Waals surface area contributed by atoms with Crippen LogP contribution in [0.25, 0.3) is 0 Å². The minimum Gasteiger partial charge on any atom is -0.296 e. The predicted octanol–water partition coefficient (Wildman–Crippen LogP) is 1.87. The van der Waals surface area contributed by atoms with Crippen LogP contribution in [0.4, 0.5) is 0 Å². The second-order valence-corrected chi connectivity index (χ2v) is 5.68. The Morgan fingerprint density at radius 3 is 2.00 bits per heavy atom. The molecule has 2 rings (SSSR count). The Morgan fingerprint density at radius 2 is 1.53 bits per heavy atom. The minimum absolute atomic E-state index is 0.0174. The van der Waals surface area contributed by atoms with Crippen LogP contribution in [0.15, 0.2) is 0 Å². The van der Waals surface area contributed by atoms with Crippen molar-refractivity contribution in [2.45, 2.75) is 46.0 Å². The van der Waals surface area contributed by atoms with E-state index in [0.29, 0.717) is 24.7 Å². The lowest BCUT2D eigenvalue weighted by Crippen LogP contribution is -2.47. The third kappa shape index (κ3) is 2.21. The first-order chi connectivity index (χ1) is 6.99. The number of hydrogen-bond donors (Lipinski definition) is 1. The first kappa shape index (κ1) is 10.7. The molecule has 0 aromatic rings. The van der Waals surface area contributed by atoms with Crippen LogP contribution in [-0.4, -0.2) is 11.8 Å². The summed E-state index contributed by atoms with van der Waals surface area (Å²) in [6.07, 6.45) is 4.41. The maximum absolute atomic E-state index is 11.4. The van der Waals surface area contributed by atoms with Gasteiger partial charge in [-0.15, -0.1) is 0 Å². The van der Waals surface area contributed by atoms with E-state index in [2.05, 4.69) is 19.2 Å². The number of imide groups is 1. The van der Waals surface area contributed by atoms with Crippen LogP contribution in [0.2, 0.25) is 0 Å². The Balaban J connectivity index is 2.16. The Labute approximate surface area is 90.6 Å². The lowest BCUT2D eigenvalue weighted by molar-refractivity contribution is -0.140. The van der Waals surface area contributed by atoms with Gasteiger partial charge in [0.1, 0.15) is 0 Å². The van der Waals surface area contributed by atoms with Crippen LogP contribution < -0.4 is 5.32 Å². The second-order valence-electron chi connectivity index (χ2n) is 5.68. The summed E-state index contributed by atoms with van der Waals surface area (Å²) in [7, 11) is 0. The molecule has 1 aliphatic heterocycles. The van der Waals surface area contributed by atoms with E-state index in [4.69, 9.17) is 0 Å². The Hall–Kier alpha value is -0.860. The summed E-state index contributed by atoms with van der Waals surface area (Å²) in [4.78, 5) is 22.9. The van der Waals surface area contributed by atoms with Gasteiger partial charge in [-0.3, -0.25) is 14.9 Å². The van der Waals surface area contributed by atoms with E-state index in [1.807, 2.05) is 0 Å². The van der Waals surface area contributed by atoms with Gasteiger partial charge in [-0.2, -0.15) is 0 Å². The minimum atomic E-state index is -0.0763. The molecule has 2 unspecified atom stereocenters. The van der Waals surface area contributed by atoms with Gasteiger partial charge in [0.15, 0.2) is 0 Å². The van der Waals surface area contributed by atoms with Crippen molar-refractivity contribution in [1.82, 2.24) is 5.32 Å². The molecule has 1 heterocycles. The lowest BCUT2D eigenvalue weighted by Gasteiger charge is -2.44. The normalized spacial score (nSPS) is 35.3. The quantitative estimate of drug-likeness (QED) is 0.619. The first-order valence-electron chi connectivity index (χ1n) is 5.82. The van der Waals surface area contributed by atoms with Crippen LogP contribution in [0.5, 0.6) is 0 Å². The summed E-state index contributed by atoms with van der Waals surface area (Å²) in [5.74, 6) is 1.14. The lowest BCUT2D eigenvalue weighted by atomic mass is 9.62. The van der Waals surface area contributed by atoms with E-state index in [1.54, 1.807) is 0 Å². The highest BCUT2D eigenvalue weighted by Gasteiger charge is 2.43. The topological polar surface area (TPSA) is 46.2 Å². The van der Waals surface area contributed by atoms with Gasteiger partial charge in [0.05, 0.1) is 0 Å². The maximum Gasteiger partial charge on any atom is 0.227 e. The Bertz CT molecular complexity index is 270. The van der Waals surface area contributed by atoms with Gasteiger partial charge in [0, 0.05) is 12.8 Å². The van der Waals surface area contributed by atoms with Gasteiger partial charge in [0.25, 0.3) is 0 Å². The van der Waals surface area contributed by atoms with Gasteiger partial charge in [-0.25, -0.2) is 0 Å². The molecule has 1 aliphatic carbocycles. The van der Waals surface area contributed by atoms with Gasteiger partial charge in [0.2, 0.25) is 11.8 Å². The fourth-order valence-electron chi connectivity index (χ4n) is 3.69. The molecular formula is C12H19NO2. The van der Waals surface area contributed by atoms with Gasteiger partial charge < -0.3 is 0 Å². The summed E-state index contributed by atoms with van der Waals surface area (Å²) >= 11 is 0. The van der Waals surface area contributed by atoms with Crippen LogP contribution in [0, 0.1) is 17.3 Å². The molecule has 2 aliphatic rings. The summed E-state index contributed by atoms with van der Waals surface area (Å²) in [6.45, 7) is 4.46. The monoisotopic (exact) mass is 209 g/mol. The van der Waals surface area contributed by atoms with Crippen molar-refractivity contribution in [3.8, 4) is 0 Å². The third-order valence-corrected chi connectivity index (χ3v) is 3.72. The van der Waals surface area contributed by atoms with Crippen LogP contribution in [-0.2, 0) is 9.59 Å². The van der Waals surface area contributed by atoms with Crippen molar-refractivity contribution in [2.24, 2.45) is 17.3 Å². The Morgan fingerprint density at radius 1 is 1.07 bits per heavy atom. The molecule has 1 N–H and O–H groups in total. The summed E-state index contributed by atoms with van der Waals surface area (Å²) in [5, 5.41) is 2.40. The average molecular weight is 209 g/mol. The fraction of sp³-hybridized carbons (Fsp3) is 0.833. The number of nitrogens with one attached hydrogen (secondary N) is 1. The highest BCUT2D eigenvalue weighted by Crippen LogP contribution is 2.48. The van der Waals surface area contributed by atoms with E-state index in [1.165, 1.54) is 6.42 Å². The summed E-state index contributed by atoms with van der Waals surface area (Å²) in [6, 6.07) is 0. The molecule has 2 amide bonds.